The summed E-state index contributed by atoms with van der Waals surface area (Å²) in [7, 11) is 5.50. The van der Waals surface area contributed by atoms with Gasteiger partial charge >= 0.3 is 42.7 Å². The van der Waals surface area contributed by atoms with Gasteiger partial charge in [-0.05, 0) is 193 Å². The number of hydrogen-bond donors (Lipinski definition) is 0. The van der Waals surface area contributed by atoms with Gasteiger partial charge in [-0.3, -0.25) is 0 Å². The molecule has 22 nitrogen and oxygen atoms in total. The molecule has 6 saturated heterocycles. The zero-order valence-corrected chi connectivity index (χ0v) is 67.6. The highest BCUT2D eigenvalue weighted by atomic mass is 79.9. The third kappa shape index (κ3) is 16.1. The fraction of sp³-hybridized carbons (Fsp3) is 0.554. The van der Waals surface area contributed by atoms with E-state index in [2.05, 4.69) is 182 Å². The largest absolute Gasteiger partial charge is 0.514 e. The van der Waals surface area contributed by atoms with Gasteiger partial charge in [0.1, 0.15) is 11.6 Å². The Morgan fingerprint density at radius 3 is 1.02 bits per heavy atom. The molecule has 0 amide bonds. The zero-order valence-electron chi connectivity index (χ0n) is 66.0. The highest BCUT2D eigenvalue weighted by Crippen LogP contribution is 2.42. The van der Waals surface area contributed by atoms with E-state index in [-0.39, 0.29) is 73.3 Å². The molecule has 14 rings (SSSR count). The van der Waals surface area contributed by atoms with Gasteiger partial charge in [0, 0.05) is 76.8 Å². The lowest BCUT2D eigenvalue weighted by atomic mass is 9.75. The second-order valence-electron chi connectivity index (χ2n) is 33.5. The van der Waals surface area contributed by atoms with Crippen LogP contribution in [0.15, 0.2) is 133 Å². The second-order valence-corrected chi connectivity index (χ2v) is 34.2. The first-order valence-electron chi connectivity index (χ1n) is 35.5. The van der Waals surface area contributed by atoms with Crippen LogP contribution in [-0.2, 0) is 90.6 Å². The third-order valence-electron chi connectivity index (χ3n) is 23.0. The summed E-state index contributed by atoms with van der Waals surface area (Å²) in [5.41, 5.74) is 4.75. The van der Waals surface area contributed by atoms with Crippen molar-refractivity contribution < 1.29 is 55.9 Å². The lowest BCUT2D eigenvalue weighted by Gasteiger charge is -2.32. The molecule has 0 N–H and O–H groups in total. The monoisotopic (exact) mass is 1470 g/mol. The van der Waals surface area contributed by atoms with Gasteiger partial charge in [-0.1, -0.05) is 84.9 Å². The molecule has 3 aromatic carbocycles. The minimum absolute atomic E-state index is 0.290. The van der Waals surface area contributed by atoms with Crippen molar-refractivity contribution in [1.82, 2.24) is 47.8 Å². The maximum absolute atomic E-state index is 6.30. The van der Waals surface area contributed by atoms with Crippen LogP contribution in [0.3, 0.4) is 0 Å². The Balaban J connectivity index is 0.000000142. The molecular weight excluding hydrogens is 1370 g/mol. The topological polar surface area (TPSA) is 200 Å². The summed E-state index contributed by atoms with van der Waals surface area (Å²) in [6, 6.07) is 28.5. The van der Waals surface area contributed by atoms with Crippen molar-refractivity contribution in [2.45, 2.75) is 240 Å². The summed E-state index contributed by atoms with van der Waals surface area (Å²) in [6.07, 6.45) is 12.6. The molecule has 103 heavy (non-hydrogen) atoms. The maximum Gasteiger partial charge on any atom is 0.514 e. The molecule has 6 fully saturated rings. The van der Waals surface area contributed by atoms with Crippen molar-refractivity contribution in [2.24, 2.45) is 28.2 Å². The van der Waals surface area contributed by atoms with Crippen LogP contribution in [0, 0.1) is 0 Å². The SMILES string of the molecule is CC1(C)OB(c2cncn2Cc2ccccc2)OC1(C)C.Cn1c(B2OC(C)(C)C(C)(C)O2)cnc1-c1ccccc1.Cn1c(B2OC(C)(C)C(C)(C)O2)cnc1-c1ccccc1B1OC(C)(C)C(C)(C)O1.Cn1c(B2OC(C)(C)C(C)(C)O2)cnc1Br.Cn1cncc1B1OC(C)(C)C(C)(C)O1. The average molecular weight is 1470 g/mol. The highest BCUT2D eigenvalue weighted by Gasteiger charge is 2.58. The number of rotatable bonds is 10. The maximum atomic E-state index is 6.30. The summed E-state index contributed by atoms with van der Waals surface area (Å²) in [6.45, 7) is 50.0. The summed E-state index contributed by atoms with van der Waals surface area (Å²) < 4.78 is 83.9. The number of halogens is 1. The molecule has 6 aliphatic heterocycles. The molecule has 0 aliphatic carbocycles. The normalized spacial score (nSPS) is 22.0. The third-order valence-corrected chi connectivity index (χ3v) is 23.8. The van der Waals surface area contributed by atoms with E-state index in [0.717, 1.165) is 67.5 Å². The number of nitrogens with zero attached hydrogens (tertiary/aromatic N) is 10. The molecule has 0 bridgehead atoms. The van der Waals surface area contributed by atoms with Crippen molar-refractivity contribution in [2.75, 3.05) is 0 Å². The first kappa shape index (κ1) is 79.7. The van der Waals surface area contributed by atoms with Crippen LogP contribution in [0.25, 0.3) is 22.8 Å². The highest BCUT2D eigenvalue weighted by molar-refractivity contribution is 9.10. The van der Waals surface area contributed by atoms with Gasteiger partial charge in [-0.2, -0.15) is 0 Å². The van der Waals surface area contributed by atoms with Crippen molar-refractivity contribution >= 4 is 92.1 Å². The summed E-state index contributed by atoms with van der Waals surface area (Å²) in [5.74, 6) is 1.74. The Labute approximate surface area is 622 Å². The van der Waals surface area contributed by atoms with Gasteiger partial charge in [0.05, 0.1) is 108 Å². The number of benzene rings is 3. The fourth-order valence-electron chi connectivity index (χ4n) is 11.7. The molecule has 0 saturated carbocycles. The number of hydrogen-bond acceptors (Lipinski definition) is 17. The minimum atomic E-state index is -0.467. The van der Waals surface area contributed by atoms with E-state index in [9.17, 15) is 0 Å². The van der Waals surface area contributed by atoms with Crippen LogP contribution in [0.2, 0.25) is 0 Å². The Kier molecular flexibility index (Phi) is 22.2. The molecular formula is C74H107B6BrN10O12. The Bertz CT molecular complexity index is 4150. The molecule has 0 radical (unpaired) electrons. The molecule has 0 atom stereocenters. The van der Waals surface area contributed by atoms with E-state index >= 15 is 0 Å². The minimum Gasteiger partial charge on any atom is -0.399 e. The van der Waals surface area contributed by atoms with Crippen LogP contribution >= 0.6 is 15.9 Å². The first-order valence-corrected chi connectivity index (χ1v) is 36.3. The van der Waals surface area contributed by atoms with Crippen molar-refractivity contribution in [3.63, 3.8) is 0 Å². The number of aryl methyl sites for hydroxylation is 1. The zero-order chi connectivity index (χ0) is 75.9. The van der Waals surface area contributed by atoms with E-state index < -0.39 is 36.6 Å². The van der Waals surface area contributed by atoms with E-state index in [1.165, 1.54) is 5.56 Å². The van der Waals surface area contributed by atoms with Crippen molar-refractivity contribution in [1.29, 1.82) is 0 Å². The summed E-state index contributed by atoms with van der Waals surface area (Å²) >= 11 is 3.36. The molecule has 0 unspecified atom stereocenters. The van der Waals surface area contributed by atoms with Gasteiger partial charge in [-0.15, -0.1) is 0 Å². The lowest BCUT2D eigenvalue weighted by Crippen LogP contribution is -2.41. The van der Waals surface area contributed by atoms with Crippen molar-refractivity contribution in [3.05, 3.63) is 139 Å². The Morgan fingerprint density at radius 1 is 0.320 bits per heavy atom. The van der Waals surface area contributed by atoms with Gasteiger partial charge in [-0.25, -0.2) is 24.9 Å². The summed E-state index contributed by atoms with van der Waals surface area (Å²) in [5, 5.41) is 0. The van der Waals surface area contributed by atoms with Gasteiger partial charge < -0.3 is 78.7 Å². The van der Waals surface area contributed by atoms with E-state index in [4.69, 9.17) is 60.8 Å². The Morgan fingerprint density at radius 2 is 0.631 bits per heavy atom. The van der Waals surface area contributed by atoms with Crippen LogP contribution in [0.5, 0.6) is 0 Å². The first-order chi connectivity index (χ1) is 47.5. The van der Waals surface area contributed by atoms with Crippen LogP contribution in [0.1, 0.15) is 172 Å². The molecule has 8 aromatic rings. The molecule has 5 aromatic heterocycles. The second kappa shape index (κ2) is 28.7. The Hall–Kier alpha value is -5.90. The van der Waals surface area contributed by atoms with E-state index in [1.54, 1.807) is 18.7 Å². The van der Waals surface area contributed by atoms with E-state index in [0.29, 0.717) is 0 Å². The standard InChI is InChI=1S/C22H32B2N2O4.2C16H21BN2O2.C10H16BBrN2O2.C10H17BN2O2/c1-19(2)20(3,4)28-23(27-19)16-13-11-10-12-15(16)18-25-14-17(26(18)9)24-29-21(5,6)22(7,8)30-24;1-15(2)16(3,4)21-17(20-15)13-11-18-14(19(13)5)12-9-7-6-8-10-12;1-15(2)16(3,4)21-17(20-15)14-10-18-12-19(14)11-13-8-6-5-7-9-13;1-9(2)10(3,4)16-11(15-9)7-6-13-8(12)14(7)5;1-9(2)10(3,4)15-11(14-9)8-6-12-7-13(8)5/h10-14H,1-9H3;6-11H,1-5H3;5-10,12H,11H2,1-4H3;6H,1-5H3;6-7H,1-5H3. The summed E-state index contributed by atoms with van der Waals surface area (Å²) in [4.78, 5) is 21.8. The molecule has 29 heteroatoms. The molecule has 11 heterocycles. The molecule has 550 valence electrons. The smallest absolute Gasteiger partial charge is 0.399 e. The fourth-order valence-corrected chi connectivity index (χ4v) is 12.0. The quantitative estimate of drug-likeness (QED) is 0.117. The number of aromatic nitrogens is 10. The van der Waals surface area contributed by atoms with Gasteiger partial charge in [0.15, 0.2) is 4.73 Å². The van der Waals surface area contributed by atoms with Crippen LogP contribution in [0.4, 0.5) is 0 Å². The van der Waals surface area contributed by atoms with Crippen LogP contribution in [-0.4, -0.2) is 158 Å². The molecule has 6 aliphatic rings. The predicted octanol–water partition coefficient (Wildman–Crippen LogP) is 9.50. The van der Waals surface area contributed by atoms with Crippen LogP contribution < -0.4 is 33.4 Å². The molecule has 0 spiro atoms. The number of imidazole rings is 5. The van der Waals surface area contributed by atoms with Crippen molar-refractivity contribution in [3.8, 4) is 22.8 Å². The van der Waals surface area contributed by atoms with E-state index in [1.807, 2.05) is 181 Å². The average Bonchev–Trinajstić information content (AvgIpc) is 1.63. The van der Waals surface area contributed by atoms with Gasteiger partial charge in [0.2, 0.25) is 0 Å². The lowest BCUT2D eigenvalue weighted by molar-refractivity contribution is 0.00578. The predicted molar refractivity (Wildman–Crippen MR) is 413 cm³/mol. The van der Waals surface area contributed by atoms with Gasteiger partial charge in [0.25, 0.3) is 0 Å².